The van der Waals surface area contributed by atoms with Gasteiger partial charge in [-0.1, -0.05) is 30.3 Å². The second-order valence-corrected chi connectivity index (χ2v) is 2.30. The van der Waals surface area contributed by atoms with Crippen molar-refractivity contribution in [2.24, 2.45) is 5.73 Å². The Morgan fingerprint density at radius 2 is 1.50 bits per heavy atom. The molecule has 0 spiro atoms. The van der Waals surface area contributed by atoms with Gasteiger partial charge in [-0.15, -0.1) is 0 Å². The molecule has 0 aliphatic heterocycles. The summed E-state index contributed by atoms with van der Waals surface area (Å²) in [4.78, 5) is 18.2. The Bertz CT molecular complexity index is 285. The van der Waals surface area contributed by atoms with Gasteiger partial charge in [-0.2, -0.15) is 0 Å². The van der Waals surface area contributed by atoms with E-state index in [-0.39, 0.29) is 0 Å². The quantitative estimate of drug-likeness (QED) is 0.562. The topological polar surface area (TPSA) is 101 Å². The SMILES string of the molecule is NCc1ccccc1.O=C(O)C(=O)O. The van der Waals surface area contributed by atoms with Crippen LogP contribution in [-0.4, -0.2) is 22.2 Å². The van der Waals surface area contributed by atoms with E-state index >= 15 is 0 Å². The van der Waals surface area contributed by atoms with E-state index in [0.717, 1.165) is 0 Å². The van der Waals surface area contributed by atoms with Crippen LogP contribution in [0.3, 0.4) is 0 Å². The Morgan fingerprint density at radius 1 is 1.07 bits per heavy atom. The van der Waals surface area contributed by atoms with Crippen LogP contribution >= 0.6 is 0 Å². The summed E-state index contributed by atoms with van der Waals surface area (Å²) in [5.74, 6) is -3.65. The first-order valence-corrected chi connectivity index (χ1v) is 3.78. The second-order valence-electron chi connectivity index (χ2n) is 2.30. The maximum Gasteiger partial charge on any atom is 0.414 e. The van der Waals surface area contributed by atoms with Gasteiger partial charge < -0.3 is 15.9 Å². The third kappa shape index (κ3) is 5.73. The average Bonchev–Trinajstić information content (AvgIpc) is 2.20. The van der Waals surface area contributed by atoms with Crippen LogP contribution in [-0.2, 0) is 16.1 Å². The fraction of sp³-hybridized carbons (Fsp3) is 0.111. The molecule has 0 bridgehead atoms. The van der Waals surface area contributed by atoms with Gasteiger partial charge in [0.25, 0.3) is 0 Å². The predicted octanol–water partition coefficient (Wildman–Crippen LogP) is 0.301. The molecule has 0 radical (unpaired) electrons. The lowest BCUT2D eigenvalue weighted by Crippen LogP contribution is -2.09. The zero-order valence-corrected chi connectivity index (χ0v) is 7.38. The van der Waals surface area contributed by atoms with Gasteiger partial charge in [0.15, 0.2) is 0 Å². The van der Waals surface area contributed by atoms with Gasteiger partial charge in [0, 0.05) is 6.54 Å². The highest BCUT2D eigenvalue weighted by molar-refractivity contribution is 6.27. The molecule has 1 aromatic rings. The molecule has 76 valence electrons. The summed E-state index contributed by atoms with van der Waals surface area (Å²) >= 11 is 0. The van der Waals surface area contributed by atoms with E-state index in [4.69, 9.17) is 25.5 Å². The standard InChI is InChI=1S/C7H9N.C2H2O4/c8-6-7-4-2-1-3-5-7;3-1(4)2(5)6/h1-5H,6,8H2;(H,3,4)(H,5,6). The van der Waals surface area contributed by atoms with Crippen molar-refractivity contribution in [2.45, 2.75) is 6.54 Å². The zero-order chi connectivity index (χ0) is 11.0. The highest BCUT2D eigenvalue weighted by atomic mass is 16.4. The van der Waals surface area contributed by atoms with Crippen molar-refractivity contribution in [2.75, 3.05) is 0 Å². The number of hydrogen-bond acceptors (Lipinski definition) is 3. The molecule has 0 atom stereocenters. The zero-order valence-electron chi connectivity index (χ0n) is 7.38. The van der Waals surface area contributed by atoms with Crippen LogP contribution in [0.2, 0.25) is 0 Å². The number of benzene rings is 1. The van der Waals surface area contributed by atoms with Crippen LogP contribution in [0.5, 0.6) is 0 Å². The lowest BCUT2D eigenvalue weighted by molar-refractivity contribution is -0.159. The largest absolute Gasteiger partial charge is 0.473 e. The minimum atomic E-state index is -1.82. The summed E-state index contributed by atoms with van der Waals surface area (Å²) in [5.41, 5.74) is 6.54. The molecular formula is C9H11NO4. The third-order valence-corrected chi connectivity index (χ3v) is 1.26. The first-order valence-electron chi connectivity index (χ1n) is 3.78. The van der Waals surface area contributed by atoms with E-state index in [0.29, 0.717) is 6.54 Å². The van der Waals surface area contributed by atoms with Gasteiger partial charge in [-0.05, 0) is 5.56 Å². The summed E-state index contributed by atoms with van der Waals surface area (Å²) in [7, 11) is 0. The van der Waals surface area contributed by atoms with Crippen LogP contribution in [0.25, 0.3) is 0 Å². The number of rotatable bonds is 1. The van der Waals surface area contributed by atoms with Crippen LogP contribution in [0.4, 0.5) is 0 Å². The Kier molecular flexibility index (Phi) is 5.73. The lowest BCUT2D eigenvalue weighted by Gasteiger charge is -1.90. The average molecular weight is 197 g/mol. The summed E-state index contributed by atoms with van der Waals surface area (Å²) in [6.07, 6.45) is 0. The van der Waals surface area contributed by atoms with Gasteiger partial charge in [-0.3, -0.25) is 0 Å². The summed E-state index contributed by atoms with van der Waals surface area (Å²) in [6.45, 7) is 0.640. The van der Waals surface area contributed by atoms with Gasteiger partial charge in [0.2, 0.25) is 0 Å². The summed E-state index contributed by atoms with van der Waals surface area (Å²) in [6, 6.07) is 9.99. The minimum absolute atomic E-state index is 0.640. The summed E-state index contributed by atoms with van der Waals surface area (Å²) in [5, 5.41) is 14.8. The van der Waals surface area contributed by atoms with Gasteiger partial charge in [-0.25, -0.2) is 9.59 Å². The van der Waals surface area contributed by atoms with Crippen molar-refractivity contribution in [3.05, 3.63) is 35.9 Å². The van der Waals surface area contributed by atoms with Crippen LogP contribution < -0.4 is 5.73 Å². The van der Waals surface area contributed by atoms with E-state index in [1.165, 1.54) is 5.56 Å². The lowest BCUT2D eigenvalue weighted by atomic mass is 10.2. The molecule has 0 fully saturated rings. The molecule has 0 heterocycles. The number of carbonyl (C=O) groups is 2. The van der Waals surface area contributed by atoms with Crippen molar-refractivity contribution in [1.29, 1.82) is 0 Å². The fourth-order valence-electron chi connectivity index (χ4n) is 0.614. The normalized spacial score (nSPS) is 8.36. The molecule has 14 heavy (non-hydrogen) atoms. The second kappa shape index (κ2) is 6.62. The van der Waals surface area contributed by atoms with Crippen molar-refractivity contribution < 1.29 is 19.8 Å². The summed E-state index contributed by atoms with van der Waals surface area (Å²) < 4.78 is 0. The molecule has 1 aromatic carbocycles. The van der Waals surface area contributed by atoms with Gasteiger partial charge in [0.1, 0.15) is 0 Å². The van der Waals surface area contributed by atoms with Crippen molar-refractivity contribution in [3.8, 4) is 0 Å². The molecule has 4 N–H and O–H groups in total. The van der Waals surface area contributed by atoms with Crippen molar-refractivity contribution >= 4 is 11.9 Å². The van der Waals surface area contributed by atoms with Crippen LogP contribution in [0, 0.1) is 0 Å². The van der Waals surface area contributed by atoms with Crippen molar-refractivity contribution in [1.82, 2.24) is 0 Å². The van der Waals surface area contributed by atoms with E-state index in [1.807, 2.05) is 30.3 Å². The highest BCUT2D eigenvalue weighted by Gasteiger charge is 2.04. The molecule has 0 aliphatic rings. The molecule has 0 unspecified atom stereocenters. The first-order chi connectivity index (χ1) is 6.57. The van der Waals surface area contributed by atoms with E-state index in [1.54, 1.807) is 0 Å². The number of aliphatic carboxylic acids is 2. The maximum atomic E-state index is 9.10. The molecule has 0 saturated carbocycles. The van der Waals surface area contributed by atoms with Gasteiger partial charge >= 0.3 is 11.9 Å². The Morgan fingerprint density at radius 3 is 1.71 bits per heavy atom. The molecule has 0 aliphatic carbocycles. The fourth-order valence-corrected chi connectivity index (χ4v) is 0.614. The molecule has 1 rings (SSSR count). The first kappa shape index (κ1) is 12.1. The Labute approximate surface area is 80.8 Å². The van der Waals surface area contributed by atoms with Crippen LogP contribution in [0.1, 0.15) is 5.56 Å². The van der Waals surface area contributed by atoms with Crippen LogP contribution in [0.15, 0.2) is 30.3 Å². The van der Waals surface area contributed by atoms with E-state index in [9.17, 15) is 0 Å². The smallest absolute Gasteiger partial charge is 0.414 e. The number of nitrogens with two attached hydrogens (primary N) is 1. The van der Waals surface area contributed by atoms with E-state index < -0.39 is 11.9 Å². The van der Waals surface area contributed by atoms with Gasteiger partial charge in [0.05, 0.1) is 0 Å². The predicted molar refractivity (Wildman–Crippen MR) is 49.6 cm³/mol. The number of hydrogen-bond donors (Lipinski definition) is 3. The minimum Gasteiger partial charge on any atom is -0.473 e. The number of carboxylic acids is 2. The molecule has 0 amide bonds. The monoisotopic (exact) mass is 197 g/mol. The molecule has 0 aromatic heterocycles. The molecule has 5 heteroatoms. The Hall–Kier alpha value is -1.88. The van der Waals surface area contributed by atoms with E-state index in [2.05, 4.69) is 0 Å². The highest BCUT2D eigenvalue weighted by Crippen LogP contribution is 1.94. The molecule has 5 nitrogen and oxygen atoms in total. The number of carboxylic acid groups (broad SMARTS) is 2. The molecular weight excluding hydrogens is 186 g/mol. The third-order valence-electron chi connectivity index (χ3n) is 1.26. The van der Waals surface area contributed by atoms with Crippen molar-refractivity contribution in [3.63, 3.8) is 0 Å². The maximum absolute atomic E-state index is 9.10. The Balaban J connectivity index is 0.000000255. The molecule has 0 saturated heterocycles.